The molecule has 1 amide bonds. The van der Waals surface area contributed by atoms with Gasteiger partial charge in [-0.1, -0.05) is 6.92 Å². The second-order valence-electron chi connectivity index (χ2n) is 3.54. The van der Waals surface area contributed by atoms with E-state index in [-0.39, 0.29) is 11.8 Å². The zero-order valence-corrected chi connectivity index (χ0v) is 10.1. The summed E-state index contributed by atoms with van der Waals surface area (Å²) in [4.78, 5) is 16.9. The van der Waals surface area contributed by atoms with Crippen molar-refractivity contribution in [2.24, 2.45) is 5.92 Å². The molecule has 0 radical (unpaired) electrons. The van der Waals surface area contributed by atoms with Crippen molar-refractivity contribution in [1.29, 1.82) is 0 Å². The molecule has 1 rings (SSSR count). The Morgan fingerprint density at radius 3 is 2.93 bits per heavy atom. The molecule has 0 aromatic carbocycles. The molecular weight excluding hydrogens is 210 g/mol. The number of amides is 1. The van der Waals surface area contributed by atoms with Gasteiger partial charge in [0.15, 0.2) is 0 Å². The fourth-order valence-electron chi connectivity index (χ4n) is 1.22. The first-order chi connectivity index (χ1) is 7.13. The highest BCUT2D eigenvalue weighted by Crippen LogP contribution is 2.10. The number of nitrogens with one attached hydrogen (secondary N) is 2. The number of thiazole rings is 1. The molecule has 1 heterocycles. The molecule has 1 atom stereocenters. The zero-order valence-electron chi connectivity index (χ0n) is 9.33. The molecule has 1 aromatic heterocycles. The van der Waals surface area contributed by atoms with E-state index in [1.807, 2.05) is 27.1 Å². The highest BCUT2D eigenvalue weighted by atomic mass is 32.1. The van der Waals surface area contributed by atoms with Gasteiger partial charge in [-0.3, -0.25) is 4.79 Å². The number of carbonyl (C=O) groups excluding carboxylic acids is 1. The molecule has 0 saturated heterocycles. The predicted octanol–water partition coefficient (Wildman–Crippen LogP) is 0.923. The first-order valence-electron chi connectivity index (χ1n) is 4.97. The monoisotopic (exact) mass is 227 g/mol. The third-order valence-electron chi connectivity index (χ3n) is 2.04. The Morgan fingerprint density at radius 1 is 1.67 bits per heavy atom. The lowest BCUT2D eigenvalue weighted by Crippen LogP contribution is -2.33. The lowest BCUT2D eigenvalue weighted by atomic mass is 10.1. The average Bonchev–Trinajstić information content (AvgIpc) is 2.61. The van der Waals surface area contributed by atoms with E-state index in [9.17, 15) is 4.79 Å². The highest BCUT2D eigenvalue weighted by Gasteiger charge is 2.11. The molecule has 2 N–H and O–H groups in total. The summed E-state index contributed by atoms with van der Waals surface area (Å²) in [6.07, 6.45) is 1.82. The first kappa shape index (κ1) is 12.1. The Morgan fingerprint density at radius 2 is 2.40 bits per heavy atom. The van der Waals surface area contributed by atoms with Crippen LogP contribution >= 0.6 is 11.3 Å². The molecule has 1 aromatic rings. The van der Waals surface area contributed by atoms with Crippen LogP contribution in [0.2, 0.25) is 0 Å². The number of rotatable bonds is 5. The van der Waals surface area contributed by atoms with E-state index < -0.39 is 0 Å². The SMILES string of the molecule is CNCC(C)C(=O)NCc1ncc(C)s1. The summed E-state index contributed by atoms with van der Waals surface area (Å²) in [5.41, 5.74) is 0. The van der Waals surface area contributed by atoms with Crippen LogP contribution < -0.4 is 10.6 Å². The second kappa shape index (κ2) is 5.82. The molecule has 84 valence electrons. The molecule has 4 nitrogen and oxygen atoms in total. The van der Waals surface area contributed by atoms with Crippen LogP contribution in [0, 0.1) is 12.8 Å². The fraction of sp³-hybridized carbons (Fsp3) is 0.600. The molecule has 0 aliphatic rings. The molecule has 1 unspecified atom stereocenters. The normalized spacial score (nSPS) is 12.5. The number of hydrogen-bond donors (Lipinski definition) is 2. The molecule has 0 fully saturated rings. The van der Waals surface area contributed by atoms with E-state index in [4.69, 9.17) is 0 Å². The molecular formula is C10H17N3OS. The minimum Gasteiger partial charge on any atom is -0.349 e. The Bertz CT molecular complexity index is 324. The van der Waals surface area contributed by atoms with Crippen molar-refractivity contribution >= 4 is 17.2 Å². The Hall–Kier alpha value is -0.940. The maximum atomic E-state index is 11.5. The Balaban J connectivity index is 2.34. The molecule has 15 heavy (non-hydrogen) atoms. The minimum absolute atomic E-state index is 0.00365. The molecule has 0 spiro atoms. The minimum atomic E-state index is -0.00365. The summed E-state index contributed by atoms with van der Waals surface area (Å²) in [6.45, 7) is 5.14. The van der Waals surface area contributed by atoms with Crippen molar-refractivity contribution in [3.05, 3.63) is 16.1 Å². The van der Waals surface area contributed by atoms with Crippen molar-refractivity contribution in [3.8, 4) is 0 Å². The zero-order chi connectivity index (χ0) is 11.3. The number of aryl methyl sites for hydroxylation is 1. The van der Waals surface area contributed by atoms with E-state index in [1.54, 1.807) is 11.3 Å². The van der Waals surface area contributed by atoms with Gasteiger partial charge < -0.3 is 10.6 Å². The van der Waals surface area contributed by atoms with Crippen LogP contribution in [0.5, 0.6) is 0 Å². The van der Waals surface area contributed by atoms with Crippen LogP contribution in [0.15, 0.2) is 6.20 Å². The van der Waals surface area contributed by atoms with E-state index >= 15 is 0 Å². The van der Waals surface area contributed by atoms with Gasteiger partial charge in [0.2, 0.25) is 5.91 Å². The van der Waals surface area contributed by atoms with Crippen molar-refractivity contribution in [1.82, 2.24) is 15.6 Å². The molecule has 0 bridgehead atoms. The molecule has 0 aliphatic heterocycles. The van der Waals surface area contributed by atoms with Gasteiger partial charge in [-0.05, 0) is 14.0 Å². The smallest absolute Gasteiger partial charge is 0.224 e. The fourth-order valence-corrected chi connectivity index (χ4v) is 1.95. The van der Waals surface area contributed by atoms with E-state index in [2.05, 4.69) is 15.6 Å². The number of hydrogen-bond acceptors (Lipinski definition) is 4. The van der Waals surface area contributed by atoms with Gasteiger partial charge in [0, 0.05) is 23.5 Å². The average molecular weight is 227 g/mol. The van der Waals surface area contributed by atoms with Crippen molar-refractivity contribution in [2.45, 2.75) is 20.4 Å². The van der Waals surface area contributed by atoms with Gasteiger partial charge in [-0.15, -0.1) is 11.3 Å². The first-order valence-corrected chi connectivity index (χ1v) is 5.78. The van der Waals surface area contributed by atoms with Gasteiger partial charge in [-0.25, -0.2) is 4.98 Å². The van der Waals surface area contributed by atoms with Gasteiger partial charge in [-0.2, -0.15) is 0 Å². The summed E-state index contributed by atoms with van der Waals surface area (Å²) < 4.78 is 0. The third kappa shape index (κ3) is 3.97. The van der Waals surface area contributed by atoms with Gasteiger partial charge in [0.25, 0.3) is 0 Å². The van der Waals surface area contributed by atoms with E-state index in [0.29, 0.717) is 13.1 Å². The maximum Gasteiger partial charge on any atom is 0.224 e. The summed E-state index contributed by atoms with van der Waals surface area (Å²) in [5.74, 6) is 0.0632. The van der Waals surface area contributed by atoms with Gasteiger partial charge >= 0.3 is 0 Å². The van der Waals surface area contributed by atoms with Crippen LogP contribution in [0.25, 0.3) is 0 Å². The molecule has 5 heteroatoms. The van der Waals surface area contributed by atoms with Crippen LogP contribution in [0.1, 0.15) is 16.8 Å². The largest absolute Gasteiger partial charge is 0.349 e. The summed E-state index contributed by atoms with van der Waals surface area (Å²) >= 11 is 1.61. The van der Waals surface area contributed by atoms with E-state index in [1.165, 1.54) is 4.88 Å². The molecule has 0 saturated carbocycles. The van der Waals surface area contributed by atoms with Crippen LogP contribution in [0.4, 0.5) is 0 Å². The van der Waals surface area contributed by atoms with E-state index in [0.717, 1.165) is 5.01 Å². The highest BCUT2D eigenvalue weighted by molar-refractivity contribution is 7.11. The van der Waals surface area contributed by atoms with Crippen molar-refractivity contribution in [2.75, 3.05) is 13.6 Å². The van der Waals surface area contributed by atoms with Crippen LogP contribution in [-0.2, 0) is 11.3 Å². The summed E-state index contributed by atoms with van der Waals surface area (Å²) in [5, 5.41) is 6.80. The van der Waals surface area contributed by atoms with Crippen LogP contribution in [-0.4, -0.2) is 24.5 Å². The lowest BCUT2D eigenvalue weighted by molar-refractivity contribution is -0.124. The van der Waals surface area contributed by atoms with Gasteiger partial charge in [0.05, 0.1) is 6.54 Å². The number of aromatic nitrogens is 1. The topological polar surface area (TPSA) is 54.0 Å². The Kier molecular flexibility index (Phi) is 4.71. The Labute approximate surface area is 94.1 Å². The van der Waals surface area contributed by atoms with Crippen molar-refractivity contribution in [3.63, 3.8) is 0 Å². The number of carbonyl (C=O) groups is 1. The quantitative estimate of drug-likeness (QED) is 0.786. The summed E-state index contributed by atoms with van der Waals surface area (Å²) in [7, 11) is 1.84. The molecule has 0 aliphatic carbocycles. The van der Waals surface area contributed by atoms with Crippen LogP contribution in [0.3, 0.4) is 0 Å². The van der Waals surface area contributed by atoms with Gasteiger partial charge in [0.1, 0.15) is 5.01 Å². The predicted molar refractivity (Wildman–Crippen MR) is 61.8 cm³/mol. The van der Waals surface area contributed by atoms with Crippen molar-refractivity contribution < 1.29 is 4.79 Å². The number of nitrogens with zero attached hydrogens (tertiary/aromatic N) is 1. The standard InChI is InChI=1S/C10H17N3OS/c1-7(4-11-3)10(14)13-6-9-12-5-8(2)15-9/h5,7,11H,4,6H2,1-3H3,(H,13,14). The maximum absolute atomic E-state index is 11.5. The summed E-state index contributed by atoms with van der Waals surface area (Å²) in [6, 6.07) is 0. The second-order valence-corrected chi connectivity index (χ2v) is 4.86. The lowest BCUT2D eigenvalue weighted by Gasteiger charge is -2.10. The third-order valence-corrected chi connectivity index (χ3v) is 2.95.